The number of anilines is 2. The van der Waals surface area contributed by atoms with Crippen LogP contribution in [0.4, 0.5) is 11.4 Å². The summed E-state index contributed by atoms with van der Waals surface area (Å²) < 4.78 is 44.0. The molecule has 182 valence electrons. The molecule has 1 N–H and O–H groups in total. The van der Waals surface area contributed by atoms with Crippen molar-refractivity contribution in [2.24, 2.45) is 0 Å². The first-order valence-electron chi connectivity index (χ1n) is 10.7. The van der Waals surface area contributed by atoms with Gasteiger partial charge in [-0.3, -0.25) is 9.52 Å². The highest BCUT2D eigenvalue weighted by Gasteiger charge is 2.34. The number of carbonyl (C=O) groups is 2. The zero-order valence-electron chi connectivity index (χ0n) is 19.1. The summed E-state index contributed by atoms with van der Waals surface area (Å²) in [6, 6.07) is 19.7. The van der Waals surface area contributed by atoms with Crippen molar-refractivity contribution >= 4 is 33.3 Å². The standard InChI is InChI=1S/C25H24N2O7S/c1-17-7-3-4-8-20(17)26-35(30,31)19-13-11-18(12-14-19)33-16-24(28)27-15-23(25(29)32-2)34-22-10-6-5-9-21(22)27/h3-14,23,26H,15-16H2,1-2H3. The second-order valence-corrected chi connectivity index (χ2v) is 9.46. The van der Waals surface area contributed by atoms with Crippen LogP contribution < -0.4 is 19.1 Å². The number of hydrogen-bond acceptors (Lipinski definition) is 7. The molecule has 0 aliphatic carbocycles. The third-order valence-corrected chi connectivity index (χ3v) is 6.81. The third kappa shape index (κ3) is 5.38. The van der Waals surface area contributed by atoms with Gasteiger partial charge in [-0.25, -0.2) is 13.2 Å². The van der Waals surface area contributed by atoms with Crippen LogP contribution in [0.1, 0.15) is 5.56 Å². The summed E-state index contributed by atoms with van der Waals surface area (Å²) in [6.45, 7) is 1.47. The lowest BCUT2D eigenvalue weighted by Gasteiger charge is -2.33. The van der Waals surface area contributed by atoms with Crippen molar-refractivity contribution in [2.45, 2.75) is 17.9 Å². The lowest BCUT2D eigenvalue weighted by molar-refractivity contribution is -0.148. The smallest absolute Gasteiger partial charge is 0.348 e. The molecule has 9 nitrogen and oxygen atoms in total. The van der Waals surface area contributed by atoms with Gasteiger partial charge in [-0.1, -0.05) is 30.3 Å². The number of carbonyl (C=O) groups excluding carboxylic acids is 2. The van der Waals surface area contributed by atoms with Crippen molar-refractivity contribution in [1.82, 2.24) is 0 Å². The number of esters is 1. The van der Waals surface area contributed by atoms with E-state index in [1.54, 1.807) is 36.4 Å². The second kappa shape index (κ2) is 10.1. The largest absolute Gasteiger partial charge is 0.484 e. The lowest BCUT2D eigenvalue weighted by Crippen LogP contribution is -2.48. The minimum Gasteiger partial charge on any atom is -0.484 e. The number of aryl methyl sites for hydroxylation is 1. The second-order valence-electron chi connectivity index (χ2n) is 7.78. The van der Waals surface area contributed by atoms with E-state index in [0.29, 0.717) is 22.9 Å². The quantitative estimate of drug-likeness (QED) is 0.500. The Hall–Kier alpha value is -4.05. The van der Waals surface area contributed by atoms with Gasteiger partial charge in [-0.15, -0.1) is 0 Å². The summed E-state index contributed by atoms with van der Waals surface area (Å²) in [7, 11) is -2.54. The summed E-state index contributed by atoms with van der Waals surface area (Å²) in [5.74, 6) is -0.278. The minimum absolute atomic E-state index is 0.0202. The normalized spacial score (nSPS) is 14.9. The van der Waals surface area contributed by atoms with Crippen molar-refractivity contribution in [3.05, 3.63) is 78.4 Å². The van der Waals surface area contributed by atoms with Gasteiger partial charge in [0.05, 0.1) is 29.9 Å². The summed E-state index contributed by atoms with van der Waals surface area (Å²) in [6.07, 6.45) is -0.955. The minimum atomic E-state index is -3.79. The number of sulfonamides is 1. The van der Waals surface area contributed by atoms with Crippen molar-refractivity contribution in [3.8, 4) is 11.5 Å². The molecule has 10 heteroatoms. The van der Waals surface area contributed by atoms with Gasteiger partial charge in [-0.05, 0) is 55.0 Å². The summed E-state index contributed by atoms with van der Waals surface area (Å²) in [5.41, 5.74) is 1.81. The molecule has 0 radical (unpaired) electrons. The highest BCUT2D eigenvalue weighted by atomic mass is 32.2. The Bertz CT molecular complexity index is 1340. The van der Waals surface area contributed by atoms with Gasteiger partial charge in [0.2, 0.25) is 6.10 Å². The van der Waals surface area contributed by atoms with Gasteiger partial charge < -0.3 is 19.1 Å². The first kappa shape index (κ1) is 24.1. The Morgan fingerprint density at radius 3 is 2.43 bits per heavy atom. The number of hydrogen-bond donors (Lipinski definition) is 1. The first-order valence-corrected chi connectivity index (χ1v) is 12.2. The average molecular weight is 497 g/mol. The van der Waals surface area contributed by atoms with Crippen molar-refractivity contribution in [3.63, 3.8) is 0 Å². The Balaban J connectivity index is 1.43. The van der Waals surface area contributed by atoms with Crippen LogP contribution in [0.25, 0.3) is 0 Å². The van der Waals surface area contributed by atoms with Crippen LogP contribution >= 0.6 is 0 Å². The molecule has 3 aromatic rings. The Labute approximate surface area is 203 Å². The van der Waals surface area contributed by atoms with Gasteiger partial charge in [0.1, 0.15) is 11.5 Å². The maximum Gasteiger partial charge on any atom is 0.348 e. The van der Waals surface area contributed by atoms with Crippen LogP contribution in [0.5, 0.6) is 11.5 Å². The van der Waals surface area contributed by atoms with E-state index in [1.165, 1.54) is 36.3 Å². The molecule has 0 aromatic heterocycles. The number of amides is 1. The monoisotopic (exact) mass is 496 g/mol. The molecule has 0 fully saturated rings. The van der Waals surface area contributed by atoms with Crippen LogP contribution in [-0.4, -0.2) is 46.7 Å². The van der Waals surface area contributed by atoms with E-state index in [9.17, 15) is 18.0 Å². The topological polar surface area (TPSA) is 111 Å². The zero-order chi connectivity index (χ0) is 25.0. The summed E-state index contributed by atoms with van der Waals surface area (Å²) >= 11 is 0. The molecule has 0 saturated carbocycles. The molecular formula is C25H24N2O7S. The first-order chi connectivity index (χ1) is 16.8. The predicted octanol–water partition coefficient (Wildman–Crippen LogP) is 3.14. The number of ether oxygens (including phenoxy) is 3. The van der Waals surface area contributed by atoms with Gasteiger partial charge >= 0.3 is 5.97 Å². The Kier molecular flexibility index (Phi) is 6.92. The maximum atomic E-state index is 12.9. The third-order valence-electron chi connectivity index (χ3n) is 5.42. The van der Waals surface area contributed by atoms with Crippen molar-refractivity contribution in [2.75, 3.05) is 29.9 Å². The molecule has 1 atom stereocenters. The number of fused-ring (bicyclic) bond motifs is 1. The van der Waals surface area contributed by atoms with Crippen molar-refractivity contribution in [1.29, 1.82) is 0 Å². The van der Waals surface area contributed by atoms with Crippen LogP contribution in [0.2, 0.25) is 0 Å². The molecule has 1 aliphatic heterocycles. The number of rotatable bonds is 7. The highest BCUT2D eigenvalue weighted by molar-refractivity contribution is 7.92. The van der Waals surface area contributed by atoms with E-state index in [2.05, 4.69) is 4.72 Å². The molecule has 0 bridgehead atoms. The molecule has 1 aliphatic rings. The lowest BCUT2D eigenvalue weighted by atomic mass is 10.2. The van der Waals surface area contributed by atoms with E-state index in [-0.39, 0.29) is 18.0 Å². The average Bonchev–Trinajstić information content (AvgIpc) is 2.87. The molecule has 1 amide bonds. The Morgan fingerprint density at radius 1 is 1.03 bits per heavy atom. The van der Waals surface area contributed by atoms with E-state index in [1.807, 2.05) is 19.1 Å². The SMILES string of the molecule is COC(=O)C1CN(C(=O)COc2ccc(S(=O)(=O)Nc3ccccc3C)cc2)c2ccccc2O1. The molecule has 1 unspecified atom stereocenters. The van der Waals surface area contributed by atoms with Crippen LogP contribution in [0.15, 0.2) is 77.7 Å². The number of nitrogens with one attached hydrogen (secondary N) is 1. The molecule has 35 heavy (non-hydrogen) atoms. The van der Waals surface area contributed by atoms with E-state index in [4.69, 9.17) is 14.2 Å². The maximum absolute atomic E-state index is 12.9. The predicted molar refractivity (Wildman–Crippen MR) is 129 cm³/mol. The molecule has 3 aromatic carbocycles. The molecule has 1 heterocycles. The molecule has 4 rings (SSSR count). The van der Waals surface area contributed by atoms with E-state index in [0.717, 1.165) is 5.56 Å². The fraction of sp³-hybridized carbons (Fsp3) is 0.200. The number of benzene rings is 3. The van der Waals surface area contributed by atoms with Gasteiger partial charge in [0.25, 0.3) is 15.9 Å². The molecular weight excluding hydrogens is 472 g/mol. The Morgan fingerprint density at radius 2 is 1.71 bits per heavy atom. The van der Waals surface area contributed by atoms with Gasteiger partial charge in [-0.2, -0.15) is 0 Å². The fourth-order valence-corrected chi connectivity index (χ4v) is 4.68. The van der Waals surface area contributed by atoms with Crippen molar-refractivity contribution < 1.29 is 32.2 Å². The van der Waals surface area contributed by atoms with Gasteiger partial charge in [0, 0.05) is 0 Å². The summed E-state index contributed by atoms with van der Waals surface area (Å²) in [4.78, 5) is 26.4. The molecule has 0 saturated heterocycles. The molecule has 0 spiro atoms. The van der Waals surface area contributed by atoms with E-state index < -0.39 is 28.0 Å². The highest BCUT2D eigenvalue weighted by Crippen LogP contribution is 2.33. The van der Waals surface area contributed by atoms with Crippen LogP contribution in [0.3, 0.4) is 0 Å². The van der Waals surface area contributed by atoms with E-state index >= 15 is 0 Å². The fourth-order valence-electron chi connectivity index (χ4n) is 3.55. The van der Waals surface area contributed by atoms with Crippen LogP contribution in [-0.2, 0) is 24.3 Å². The number of methoxy groups -OCH3 is 1. The van der Waals surface area contributed by atoms with Crippen LogP contribution in [0, 0.1) is 6.92 Å². The summed E-state index contributed by atoms with van der Waals surface area (Å²) in [5, 5.41) is 0. The number of nitrogens with zero attached hydrogens (tertiary/aromatic N) is 1. The zero-order valence-corrected chi connectivity index (χ0v) is 19.9. The number of para-hydroxylation sites is 3. The van der Waals surface area contributed by atoms with Gasteiger partial charge in [0.15, 0.2) is 6.61 Å².